The molecule has 6 heteroatoms. The number of nitrogens with one attached hydrogen (secondary N) is 1. The van der Waals surface area contributed by atoms with Crippen LogP contribution in [0, 0.1) is 0 Å². The minimum Gasteiger partial charge on any atom is -0.383 e. The lowest BCUT2D eigenvalue weighted by molar-refractivity contribution is -0.116. The number of nitrogens with zero attached hydrogens (tertiary/aromatic N) is 1. The average Bonchev–Trinajstić information content (AvgIpc) is 2.53. The van der Waals surface area contributed by atoms with Gasteiger partial charge in [-0.1, -0.05) is 34.1 Å². The van der Waals surface area contributed by atoms with Gasteiger partial charge in [0, 0.05) is 30.4 Å². The molecule has 5 nitrogen and oxygen atoms in total. The summed E-state index contributed by atoms with van der Waals surface area (Å²) < 4.78 is 7.14. The van der Waals surface area contributed by atoms with E-state index in [-0.39, 0.29) is 17.2 Å². The summed E-state index contributed by atoms with van der Waals surface area (Å²) in [6, 6.07) is 12.3. The number of ether oxygens (including phenoxy) is 1. The minimum absolute atomic E-state index is 0.254. The second kappa shape index (κ2) is 8.45. The zero-order valence-corrected chi connectivity index (χ0v) is 14.2. The molecule has 0 spiro atoms. The second-order valence-electron chi connectivity index (χ2n) is 4.74. The average molecular weight is 377 g/mol. The van der Waals surface area contributed by atoms with E-state index in [1.165, 1.54) is 10.6 Å². The third kappa shape index (κ3) is 4.91. The van der Waals surface area contributed by atoms with Crippen molar-refractivity contribution in [2.45, 2.75) is 0 Å². The Morgan fingerprint density at radius 3 is 2.83 bits per heavy atom. The largest absolute Gasteiger partial charge is 0.383 e. The van der Waals surface area contributed by atoms with Crippen molar-refractivity contribution in [1.29, 1.82) is 0 Å². The molecule has 0 bridgehead atoms. The summed E-state index contributed by atoms with van der Waals surface area (Å²) in [6.45, 7) is 0.770. The SMILES string of the molecule is COCCNC(=O)/C(=C\c1cccc(Br)c1)n1ccccc1=O. The molecule has 1 heterocycles. The Morgan fingerprint density at radius 2 is 2.13 bits per heavy atom. The number of carbonyl (C=O) groups excluding carboxylic acids is 1. The molecule has 1 aromatic carbocycles. The number of benzene rings is 1. The molecule has 23 heavy (non-hydrogen) atoms. The van der Waals surface area contributed by atoms with Crippen LogP contribution in [0.2, 0.25) is 0 Å². The monoisotopic (exact) mass is 376 g/mol. The molecule has 0 radical (unpaired) electrons. The molecule has 1 N–H and O–H groups in total. The van der Waals surface area contributed by atoms with Crippen LogP contribution in [-0.2, 0) is 9.53 Å². The van der Waals surface area contributed by atoms with Crippen molar-refractivity contribution >= 4 is 33.6 Å². The number of pyridine rings is 1. The molecule has 0 fully saturated rings. The smallest absolute Gasteiger partial charge is 0.268 e. The molecular formula is C17H17BrN2O3. The summed E-state index contributed by atoms with van der Waals surface area (Å²) in [4.78, 5) is 24.5. The molecule has 1 aromatic heterocycles. The normalized spacial score (nSPS) is 11.3. The number of hydrogen-bond donors (Lipinski definition) is 1. The van der Waals surface area contributed by atoms with Gasteiger partial charge in [0.05, 0.1) is 6.61 Å². The van der Waals surface area contributed by atoms with Gasteiger partial charge in [0.2, 0.25) is 0 Å². The number of methoxy groups -OCH3 is 1. The van der Waals surface area contributed by atoms with Crippen molar-refractivity contribution in [2.75, 3.05) is 20.3 Å². The van der Waals surface area contributed by atoms with E-state index in [9.17, 15) is 9.59 Å². The molecule has 0 unspecified atom stereocenters. The van der Waals surface area contributed by atoms with E-state index in [1.54, 1.807) is 31.5 Å². The van der Waals surface area contributed by atoms with E-state index in [2.05, 4.69) is 21.2 Å². The van der Waals surface area contributed by atoms with Gasteiger partial charge in [-0.2, -0.15) is 0 Å². The molecule has 2 aromatic rings. The van der Waals surface area contributed by atoms with Crippen LogP contribution >= 0.6 is 15.9 Å². The van der Waals surface area contributed by atoms with Crippen molar-refractivity contribution in [3.8, 4) is 0 Å². The van der Waals surface area contributed by atoms with Gasteiger partial charge in [0.1, 0.15) is 5.70 Å². The lowest BCUT2D eigenvalue weighted by Crippen LogP contribution is -2.32. The standard InChI is InChI=1S/C17H17BrN2O3/c1-23-10-8-19-17(22)15(20-9-3-2-7-16(20)21)12-13-5-4-6-14(18)11-13/h2-7,9,11-12H,8,10H2,1H3,(H,19,22)/b15-12+. The lowest BCUT2D eigenvalue weighted by Gasteiger charge is -2.11. The molecule has 0 saturated carbocycles. The van der Waals surface area contributed by atoms with Gasteiger partial charge in [-0.3, -0.25) is 14.2 Å². The van der Waals surface area contributed by atoms with Crippen LogP contribution in [0.4, 0.5) is 0 Å². The Kier molecular flexibility index (Phi) is 6.31. The van der Waals surface area contributed by atoms with Crippen molar-refractivity contribution in [1.82, 2.24) is 9.88 Å². The highest BCUT2D eigenvalue weighted by molar-refractivity contribution is 9.10. The first-order chi connectivity index (χ1) is 11.1. The Labute approximate surface area is 142 Å². The molecule has 120 valence electrons. The van der Waals surface area contributed by atoms with Crippen LogP contribution in [0.1, 0.15) is 5.56 Å². The van der Waals surface area contributed by atoms with Gasteiger partial charge in [-0.05, 0) is 29.8 Å². The van der Waals surface area contributed by atoms with Gasteiger partial charge >= 0.3 is 0 Å². The maximum Gasteiger partial charge on any atom is 0.268 e. The zero-order chi connectivity index (χ0) is 16.7. The molecular weight excluding hydrogens is 360 g/mol. The molecule has 0 aliphatic heterocycles. The fourth-order valence-corrected chi connectivity index (χ4v) is 2.40. The lowest BCUT2D eigenvalue weighted by atomic mass is 10.2. The Morgan fingerprint density at radius 1 is 1.30 bits per heavy atom. The summed E-state index contributed by atoms with van der Waals surface area (Å²) in [5.41, 5.74) is 0.799. The van der Waals surface area contributed by atoms with E-state index in [4.69, 9.17) is 4.74 Å². The van der Waals surface area contributed by atoms with Gasteiger partial charge in [0.15, 0.2) is 0 Å². The number of halogens is 1. The highest BCUT2D eigenvalue weighted by Gasteiger charge is 2.12. The highest BCUT2D eigenvalue weighted by atomic mass is 79.9. The molecule has 0 aliphatic carbocycles. The van der Waals surface area contributed by atoms with Crippen molar-refractivity contribution in [3.05, 3.63) is 69.1 Å². The first-order valence-corrected chi connectivity index (χ1v) is 7.83. The number of aromatic nitrogens is 1. The van der Waals surface area contributed by atoms with E-state index in [1.807, 2.05) is 24.3 Å². The van der Waals surface area contributed by atoms with E-state index in [0.29, 0.717) is 13.2 Å². The first-order valence-electron chi connectivity index (χ1n) is 7.04. The quantitative estimate of drug-likeness (QED) is 0.621. The summed E-state index contributed by atoms with van der Waals surface area (Å²) in [5, 5.41) is 2.74. The zero-order valence-electron chi connectivity index (χ0n) is 12.7. The van der Waals surface area contributed by atoms with Crippen molar-refractivity contribution in [2.24, 2.45) is 0 Å². The van der Waals surface area contributed by atoms with Gasteiger partial charge in [-0.15, -0.1) is 0 Å². The predicted molar refractivity (Wildman–Crippen MR) is 93.9 cm³/mol. The maximum absolute atomic E-state index is 12.5. The number of rotatable bonds is 6. The van der Waals surface area contributed by atoms with E-state index < -0.39 is 0 Å². The fraction of sp³-hybridized carbons (Fsp3) is 0.176. The first kappa shape index (κ1) is 17.2. The number of hydrogen-bond acceptors (Lipinski definition) is 3. The predicted octanol–water partition coefficient (Wildman–Crippen LogP) is 2.37. The van der Waals surface area contributed by atoms with Crippen LogP contribution in [0.25, 0.3) is 11.8 Å². The Bertz CT molecular complexity index is 768. The van der Waals surface area contributed by atoms with Crippen LogP contribution in [0.5, 0.6) is 0 Å². The Balaban J connectivity index is 2.41. The number of carbonyl (C=O) groups is 1. The van der Waals surface area contributed by atoms with Crippen LogP contribution < -0.4 is 10.9 Å². The molecule has 0 saturated heterocycles. The topological polar surface area (TPSA) is 60.3 Å². The highest BCUT2D eigenvalue weighted by Crippen LogP contribution is 2.16. The van der Waals surface area contributed by atoms with Crippen LogP contribution in [-0.4, -0.2) is 30.7 Å². The van der Waals surface area contributed by atoms with Gasteiger partial charge < -0.3 is 10.1 Å². The summed E-state index contributed by atoms with van der Waals surface area (Å²) in [5.74, 6) is -0.338. The summed E-state index contributed by atoms with van der Waals surface area (Å²) in [6.07, 6.45) is 3.25. The van der Waals surface area contributed by atoms with Crippen LogP contribution in [0.15, 0.2) is 57.9 Å². The van der Waals surface area contributed by atoms with E-state index >= 15 is 0 Å². The van der Waals surface area contributed by atoms with Crippen molar-refractivity contribution in [3.63, 3.8) is 0 Å². The van der Waals surface area contributed by atoms with Gasteiger partial charge in [-0.25, -0.2) is 0 Å². The van der Waals surface area contributed by atoms with E-state index in [0.717, 1.165) is 10.0 Å². The Hall–Kier alpha value is -2.18. The molecule has 0 atom stereocenters. The summed E-state index contributed by atoms with van der Waals surface area (Å²) >= 11 is 3.40. The molecule has 1 amide bonds. The maximum atomic E-state index is 12.5. The summed E-state index contributed by atoms with van der Waals surface area (Å²) in [7, 11) is 1.56. The number of amides is 1. The van der Waals surface area contributed by atoms with Gasteiger partial charge in [0.25, 0.3) is 11.5 Å². The molecule has 0 aliphatic rings. The minimum atomic E-state index is -0.338. The van der Waals surface area contributed by atoms with Crippen molar-refractivity contribution < 1.29 is 9.53 Å². The second-order valence-corrected chi connectivity index (χ2v) is 5.66. The fourth-order valence-electron chi connectivity index (χ4n) is 1.98. The third-order valence-electron chi connectivity index (χ3n) is 3.06. The molecule has 2 rings (SSSR count). The van der Waals surface area contributed by atoms with Crippen LogP contribution in [0.3, 0.4) is 0 Å². The third-order valence-corrected chi connectivity index (χ3v) is 3.55.